The van der Waals surface area contributed by atoms with Crippen molar-refractivity contribution in [2.75, 3.05) is 20.6 Å². The van der Waals surface area contributed by atoms with Gasteiger partial charge in [0.25, 0.3) is 0 Å². The van der Waals surface area contributed by atoms with Crippen LogP contribution in [0.4, 0.5) is 0 Å². The lowest BCUT2D eigenvalue weighted by Gasteiger charge is -2.37. The minimum Gasteiger partial charge on any atom is -0.403 e. The first-order valence-corrected chi connectivity index (χ1v) is 9.25. The largest absolute Gasteiger partial charge is 0.469 e. The van der Waals surface area contributed by atoms with Gasteiger partial charge in [-0.25, -0.2) is 0 Å². The van der Waals surface area contributed by atoms with Gasteiger partial charge >= 0.3 is 7.12 Å². The quantitative estimate of drug-likeness (QED) is 0.739. The van der Waals surface area contributed by atoms with Gasteiger partial charge in [-0.05, 0) is 79.1 Å². The van der Waals surface area contributed by atoms with Crippen LogP contribution in [0.5, 0.6) is 0 Å². The summed E-state index contributed by atoms with van der Waals surface area (Å²) in [5, 5.41) is -0.0590. The third-order valence-corrected chi connectivity index (χ3v) is 6.26. The average molecular weight is 329 g/mol. The van der Waals surface area contributed by atoms with Crippen molar-refractivity contribution < 1.29 is 9.31 Å². The van der Waals surface area contributed by atoms with Gasteiger partial charge in [0.2, 0.25) is 0 Å². The van der Waals surface area contributed by atoms with Crippen molar-refractivity contribution in [3.63, 3.8) is 0 Å². The third kappa shape index (κ3) is 3.04. The van der Waals surface area contributed by atoms with E-state index in [0.717, 1.165) is 13.0 Å². The van der Waals surface area contributed by atoms with Gasteiger partial charge in [0, 0.05) is 5.31 Å². The maximum Gasteiger partial charge on any atom is 0.469 e. The first-order valence-electron chi connectivity index (χ1n) is 9.25. The molecule has 3 nitrogen and oxygen atoms in total. The molecule has 1 unspecified atom stereocenters. The third-order valence-electron chi connectivity index (χ3n) is 6.26. The maximum absolute atomic E-state index is 6.58. The van der Waals surface area contributed by atoms with Crippen molar-refractivity contribution >= 4 is 7.12 Å². The molecule has 1 aromatic rings. The summed E-state index contributed by atoms with van der Waals surface area (Å²) in [6, 6.07) is 10.9. The van der Waals surface area contributed by atoms with Crippen molar-refractivity contribution in [2.24, 2.45) is 5.92 Å². The molecule has 1 aromatic carbocycles. The lowest BCUT2D eigenvalue weighted by Crippen LogP contribution is -2.49. The van der Waals surface area contributed by atoms with E-state index in [2.05, 4.69) is 77.0 Å². The van der Waals surface area contributed by atoms with Gasteiger partial charge in [-0.1, -0.05) is 30.3 Å². The molecule has 0 N–H and O–H groups in total. The summed E-state index contributed by atoms with van der Waals surface area (Å²) in [5.41, 5.74) is 0.794. The molecule has 132 valence electrons. The van der Waals surface area contributed by atoms with Crippen LogP contribution in [0, 0.1) is 5.92 Å². The van der Waals surface area contributed by atoms with Crippen molar-refractivity contribution in [3.8, 4) is 0 Å². The number of hydrogen-bond acceptors (Lipinski definition) is 3. The van der Waals surface area contributed by atoms with Gasteiger partial charge in [0.05, 0.1) is 11.2 Å². The fourth-order valence-electron chi connectivity index (χ4n) is 3.84. The van der Waals surface area contributed by atoms with Gasteiger partial charge < -0.3 is 14.2 Å². The Labute approximate surface area is 147 Å². The normalized spacial score (nSPS) is 25.0. The van der Waals surface area contributed by atoms with Gasteiger partial charge in [0.1, 0.15) is 0 Å². The van der Waals surface area contributed by atoms with E-state index >= 15 is 0 Å². The highest BCUT2D eigenvalue weighted by Crippen LogP contribution is 2.55. The van der Waals surface area contributed by atoms with Crippen molar-refractivity contribution in [2.45, 2.75) is 63.5 Å². The molecule has 1 heterocycles. The predicted molar refractivity (Wildman–Crippen MR) is 100 cm³/mol. The van der Waals surface area contributed by atoms with Crippen LogP contribution in [-0.2, 0) is 14.6 Å². The van der Waals surface area contributed by atoms with Gasteiger partial charge in [-0.2, -0.15) is 0 Å². The van der Waals surface area contributed by atoms with E-state index in [-0.39, 0.29) is 23.6 Å². The van der Waals surface area contributed by atoms with Crippen LogP contribution in [0.3, 0.4) is 0 Å². The molecular weight excluding hydrogens is 297 g/mol. The highest BCUT2D eigenvalue weighted by atomic mass is 16.7. The molecule has 1 saturated carbocycles. The second-order valence-electron chi connectivity index (χ2n) is 8.82. The minimum absolute atomic E-state index is 0.0590. The zero-order valence-electron chi connectivity index (χ0n) is 16.1. The highest BCUT2D eigenvalue weighted by Gasteiger charge is 2.64. The van der Waals surface area contributed by atoms with Crippen molar-refractivity contribution in [1.82, 2.24) is 4.90 Å². The summed E-state index contributed by atoms with van der Waals surface area (Å²) in [7, 11) is 4.11. The summed E-state index contributed by atoms with van der Waals surface area (Å²) >= 11 is 0. The predicted octanol–water partition coefficient (Wildman–Crippen LogP) is 3.92. The van der Waals surface area contributed by atoms with Crippen LogP contribution < -0.4 is 0 Å². The van der Waals surface area contributed by atoms with E-state index < -0.39 is 0 Å². The van der Waals surface area contributed by atoms with Crippen LogP contribution in [0.2, 0.25) is 0 Å². The van der Waals surface area contributed by atoms with Crippen LogP contribution in [0.25, 0.3) is 0 Å². The van der Waals surface area contributed by atoms with Crippen molar-refractivity contribution in [3.05, 3.63) is 35.9 Å². The maximum atomic E-state index is 6.58. The summed E-state index contributed by atoms with van der Waals surface area (Å²) in [5.74, 6) is 0.648. The molecule has 3 rings (SSSR count). The van der Waals surface area contributed by atoms with E-state index in [9.17, 15) is 0 Å². The zero-order valence-corrected chi connectivity index (χ0v) is 16.1. The van der Waals surface area contributed by atoms with Crippen LogP contribution >= 0.6 is 0 Å². The number of rotatable bonds is 6. The first-order chi connectivity index (χ1) is 11.2. The Morgan fingerprint density at radius 3 is 2.04 bits per heavy atom. The van der Waals surface area contributed by atoms with Gasteiger partial charge in [-0.3, -0.25) is 0 Å². The molecule has 1 aliphatic carbocycles. The first kappa shape index (κ1) is 18.0. The SMILES string of the molecule is CN(C)CCC(B1OC(C)(C)C(C)(C)O1)(c1ccccc1)C1CC1. The summed E-state index contributed by atoms with van der Waals surface area (Å²) < 4.78 is 13.2. The van der Waals surface area contributed by atoms with Gasteiger partial charge in [0.15, 0.2) is 0 Å². The Bertz CT molecular complexity index is 552. The smallest absolute Gasteiger partial charge is 0.403 e. The van der Waals surface area contributed by atoms with E-state index in [1.54, 1.807) is 0 Å². The Balaban J connectivity index is 2.02. The molecule has 0 bridgehead atoms. The van der Waals surface area contributed by atoms with Crippen LogP contribution in [-0.4, -0.2) is 43.9 Å². The molecule has 4 heteroatoms. The van der Waals surface area contributed by atoms with E-state index in [1.807, 2.05) is 0 Å². The fourth-order valence-corrected chi connectivity index (χ4v) is 3.84. The minimum atomic E-state index is -0.287. The lowest BCUT2D eigenvalue weighted by atomic mass is 9.49. The topological polar surface area (TPSA) is 21.7 Å². The average Bonchev–Trinajstić information content (AvgIpc) is 3.29. The molecule has 0 aromatic heterocycles. The molecule has 0 radical (unpaired) electrons. The standard InChI is InChI=1S/C20H32BNO2/c1-18(2)19(3,4)24-21(23-18)20(17-12-13-17,14-15-22(5)6)16-10-8-7-9-11-16/h7-11,17H,12-15H2,1-6H3. The molecule has 1 aliphatic heterocycles. The Kier molecular flexibility index (Phi) is 4.61. The molecular formula is C20H32BNO2. The summed E-state index contributed by atoms with van der Waals surface area (Å²) in [6.45, 7) is 9.65. The summed E-state index contributed by atoms with van der Waals surface area (Å²) in [6.07, 6.45) is 3.60. The van der Waals surface area contributed by atoms with E-state index in [0.29, 0.717) is 5.92 Å². The van der Waals surface area contributed by atoms with Crippen LogP contribution in [0.1, 0.15) is 52.5 Å². The molecule has 24 heavy (non-hydrogen) atoms. The zero-order chi connectivity index (χ0) is 17.6. The Morgan fingerprint density at radius 1 is 1.04 bits per heavy atom. The molecule has 2 aliphatic rings. The summed E-state index contributed by atoms with van der Waals surface area (Å²) in [4.78, 5) is 2.27. The highest BCUT2D eigenvalue weighted by molar-refractivity contribution is 6.50. The second kappa shape index (κ2) is 6.15. The van der Waals surface area contributed by atoms with E-state index in [4.69, 9.17) is 9.31 Å². The molecule has 0 amide bonds. The Morgan fingerprint density at radius 2 is 1.58 bits per heavy atom. The van der Waals surface area contributed by atoms with Crippen LogP contribution in [0.15, 0.2) is 30.3 Å². The molecule has 2 fully saturated rings. The number of nitrogens with zero attached hydrogens (tertiary/aromatic N) is 1. The number of hydrogen-bond donors (Lipinski definition) is 0. The molecule has 1 atom stereocenters. The second-order valence-corrected chi connectivity index (χ2v) is 8.82. The molecule has 0 spiro atoms. The number of benzene rings is 1. The fraction of sp³-hybridized carbons (Fsp3) is 0.700. The van der Waals surface area contributed by atoms with Crippen molar-refractivity contribution in [1.29, 1.82) is 0 Å². The van der Waals surface area contributed by atoms with Gasteiger partial charge in [-0.15, -0.1) is 0 Å². The Hall–Kier alpha value is -0.835. The van der Waals surface area contributed by atoms with E-state index in [1.165, 1.54) is 18.4 Å². The molecule has 1 saturated heterocycles. The monoisotopic (exact) mass is 329 g/mol. The lowest BCUT2D eigenvalue weighted by molar-refractivity contribution is 0.00578.